The van der Waals surface area contributed by atoms with Crippen molar-refractivity contribution in [3.8, 4) is 0 Å². The molecule has 0 aliphatic carbocycles. The van der Waals surface area contributed by atoms with Gasteiger partial charge in [-0.15, -0.1) is 0 Å². The lowest BCUT2D eigenvalue weighted by Crippen LogP contribution is -2.49. The van der Waals surface area contributed by atoms with Gasteiger partial charge in [-0.2, -0.15) is 0 Å². The molecule has 1 N–H and O–H groups in total. The largest absolute Gasteiger partial charge is 0.447 e. The highest BCUT2D eigenvalue weighted by Gasteiger charge is 2.38. The topological polar surface area (TPSA) is 91.8 Å². The number of hydrogen-bond donors (Lipinski definition) is 1. The second-order valence-electron chi connectivity index (χ2n) is 5.27. The van der Waals surface area contributed by atoms with Gasteiger partial charge in [-0.1, -0.05) is 6.92 Å². The molecule has 1 atom stereocenters. The lowest BCUT2D eigenvalue weighted by atomic mass is 10.4. The Bertz CT molecular complexity index is 417. The first-order valence-corrected chi connectivity index (χ1v) is 9.84. The zero-order chi connectivity index (χ0) is 18.0. The van der Waals surface area contributed by atoms with Gasteiger partial charge in [-0.05, 0) is 14.0 Å². The zero-order valence-corrected chi connectivity index (χ0v) is 15.7. The van der Waals surface area contributed by atoms with Crippen molar-refractivity contribution in [2.24, 2.45) is 0 Å². The average molecular weight is 367 g/mol. The van der Waals surface area contributed by atoms with Crippen LogP contribution in [0.15, 0.2) is 0 Å². The van der Waals surface area contributed by atoms with Crippen molar-refractivity contribution >= 4 is 13.8 Å². The van der Waals surface area contributed by atoms with Gasteiger partial charge in [0, 0.05) is 32.7 Å². The molecular weight excluding hydrogens is 337 g/mol. The number of hydrogen-bond acceptors (Lipinski definition) is 6. The summed E-state index contributed by atoms with van der Waals surface area (Å²) in [6, 6.07) is 0. The fourth-order valence-corrected chi connectivity index (χ4v) is 4.49. The van der Waals surface area contributed by atoms with Gasteiger partial charge in [0.05, 0.1) is 26.4 Å². The quantitative estimate of drug-likeness (QED) is 0.449. The molecule has 1 unspecified atom stereocenters. The van der Waals surface area contributed by atoms with E-state index in [0.29, 0.717) is 39.3 Å². The van der Waals surface area contributed by atoms with Gasteiger partial charge < -0.3 is 24.0 Å². The van der Waals surface area contributed by atoms with Crippen LogP contribution in [0.3, 0.4) is 0 Å². The Morgan fingerprint density at radius 2 is 1.83 bits per heavy atom. The summed E-state index contributed by atoms with van der Waals surface area (Å²) in [6.07, 6.45) is -0.405. The summed E-state index contributed by atoms with van der Waals surface area (Å²) in [7, 11) is -1.25. The van der Waals surface area contributed by atoms with Crippen LogP contribution in [0.2, 0.25) is 0 Å². The minimum Gasteiger partial charge on any atom is -0.447 e. The van der Waals surface area contributed by atoms with E-state index >= 15 is 0 Å². The SMILES string of the molecule is CCOP(=O)(N(C)CC)N1CCN(C(=O)OCCOCCO)CC1. The molecule has 0 aromatic heterocycles. The van der Waals surface area contributed by atoms with E-state index in [4.69, 9.17) is 19.1 Å². The van der Waals surface area contributed by atoms with Crippen molar-refractivity contribution in [1.82, 2.24) is 14.2 Å². The van der Waals surface area contributed by atoms with Crippen molar-refractivity contribution in [2.45, 2.75) is 13.8 Å². The summed E-state index contributed by atoms with van der Waals surface area (Å²) < 4.78 is 32.4. The van der Waals surface area contributed by atoms with Gasteiger partial charge >= 0.3 is 13.8 Å². The molecule has 1 rings (SSSR count). The third-order valence-corrected chi connectivity index (χ3v) is 6.60. The summed E-state index contributed by atoms with van der Waals surface area (Å²) in [5.41, 5.74) is 0. The van der Waals surface area contributed by atoms with Crippen molar-refractivity contribution in [3.05, 3.63) is 0 Å². The number of rotatable bonds is 10. The van der Waals surface area contributed by atoms with E-state index in [-0.39, 0.29) is 26.4 Å². The molecule has 0 aromatic rings. The minimum atomic E-state index is -3.03. The summed E-state index contributed by atoms with van der Waals surface area (Å²) in [5, 5.41) is 8.58. The Kier molecular flexibility index (Phi) is 9.80. The van der Waals surface area contributed by atoms with E-state index in [1.807, 2.05) is 18.5 Å². The number of ether oxygens (including phenoxy) is 2. The van der Waals surface area contributed by atoms with Crippen LogP contribution in [0.5, 0.6) is 0 Å². The molecule has 1 heterocycles. The van der Waals surface area contributed by atoms with Gasteiger partial charge in [0.25, 0.3) is 0 Å². The molecule has 1 fully saturated rings. The number of aliphatic hydroxyl groups is 1. The third-order valence-electron chi connectivity index (χ3n) is 3.75. The highest BCUT2D eigenvalue weighted by Crippen LogP contribution is 2.53. The van der Waals surface area contributed by atoms with Crippen LogP contribution in [0.25, 0.3) is 0 Å². The fraction of sp³-hybridized carbons (Fsp3) is 0.929. The zero-order valence-electron chi connectivity index (χ0n) is 14.8. The Morgan fingerprint density at radius 1 is 1.17 bits per heavy atom. The lowest BCUT2D eigenvalue weighted by molar-refractivity contribution is 0.0370. The molecule has 0 radical (unpaired) electrons. The monoisotopic (exact) mass is 367 g/mol. The van der Waals surface area contributed by atoms with Crippen LogP contribution in [-0.4, -0.2) is 98.2 Å². The highest BCUT2D eigenvalue weighted by molar-refractivity contribution is 7.53. The van der Waals surface area contributed by atoms with Crippen LogP contribution in [0, 0.1) is 0 Å². The standard InChI is InChI=1S/C14H30N3O6P/c1-4-15(3)24(20,23-5-2)17-8-6-16(7-9-17)14(19)22-13-12-21-11-10-18/h18H,4-13H2,1-3H3. The van der Waals surface area contributed by atoms with Gasteiger partial charge in [-0.3, -0.25) is 4.57 Å². The van der Waals surface area contributed by atoms with Gasteiger partial charge in [0.15, 0.2) is 0 Å². The maximum absolute atomic E-state index is 13.1. The molecule has 0 saturated carbocycles. The predicted octanol–water partition coefficient (Wildman–Crippen LogP) is 0.846. The van der Waals surface area contributed by atoms with Gasteiger partial charge in [-0.25, -0.2) is 14.1 Å². The molecule has 10 heteroatoms. The van der Waals surface area contributed by atoms with E-state index in [0.717, 1.165) is 0 Å². The number of amides is 1. The number of nitrogens with zero attached hydrogens (tertiary/aromatic N) is 3. The predicted molar refractivity (Wildman–Crippen MR) is 89.9 cm³/mol. The maximum atomic E-state index is 13.1. The van der Waals surface area contributed by atoms with Crippen LogP contribution < -0.4 is 0 Å². The van der Waals surface area contributed by atoms with Crippen LogP contribution in [0.1, 0.15) is 13.8 Å². The molecule has 1 saturated heterocycles. The summed E-state index contributed by atoms with van der Waals surface area (Å²) >= 11 is 0. The van der Waals surface area contributed by atoms with Gasteiger partial charge in [0.2, 0.25) is 0 Å². The summed E-state index contributed by atoms with van der Waals surface area (Å²) in [4.78, 5) is 13.6. The maximum Gasteiger partial charge on any atom is 0.409 e. The summed E-state index contributed by atoms with van der Waals surface area (Å²) in [5.74, 6) is 0. The minimum absolute atomic E-state index is 0.0536. The molecule has 0 aromatic carbocycles. The number of carbonyl (C=O) groups is 1. The summed E-state index contributed by atoms with van der Waals surface area (Å²) in [6.45, 7) is 7.13. The van der Waals surface area contributed by atoms with Crippen LogP contribution in [-0.2, 0) is 18.6 Å². The van der Waals surface area contributed by atoms with Gasteiger partial charge in [0.1, 0.15) is 6.61 Å². The van der Waals surface area contributed by atoms with Crippen molar-refractivity contribution in [3.63, 3.8) is 0 Å². The first kappa shape index (κ1) is 21.3. The molecule has 0 bridgehead atoms. The second kappa shape index (κ2) is 11.0. The smallest absolute Gasteiger partial charge is 0.409 e. The van der Waals surface area contributed by atoms with Crippen molar-refractivity contribution in [1.29, 1.82) is 0 Å². The Morgan fingerprint density at radius 3 is 2.38 bits per heavy atom. The average Bonchev–Trinajstić information content (AvgIpc) is 2.60. The third kappa shape index (κ3) is 5.98. The fourth-order valence-electron chi connectivity index (χ4n) is 2.32. The van der Waals surface area contributed by atoms with Crippen LogP contribution in [0.4, 0.5) is 4.79 Å². The normalized spacial score (nSPS) is 18.6. The highest BCUT2D eigenvalue weighted by atomic mass is 31.2. The Balaban J connectivity index is 2.44. The van der Waals surface area contributed by atoms with Crippen molar-refractivity contribution < 1.29 is 28.5 Å². The first-order chi connectivity index (χ1) is 11.5. The molecule has 24 heavy (non-hydrogen) atoms. The first-order valence-electron chi connectivity index (χ1n) is 8.31. The van der Waals surface area contributed by atoms with E-state index in [1.54, 1.807) is 16.6 Å². The second-order valence-corrected chi connectivity index (χ2v) is 7.76. The molecule has 9 nitrogen and oxygen atoms in total. The number of carbonyl (C=O) groups excluding carboxylic acids is 1. The van der Waals surface area contributed by atoms with E-state index in [9.17, 15) is 9.36 Å². The molecule has 1 aliphatic rings. The number of piperazine rings is 1. The van der Waals surface area contributed by atoms with Crippen LogP contribution >= 0.6 is 7.67 Å². The molecular formula is C14H30N3O6P. The molecule has 1 aliphatic heterocycles. The molecule has 142 valence electrons. The number of aliphatic hydroxyl groups excluding tert-OH is 1. The van der Waals surface area contributed by atoms with Crippen molar-refractivity contribution in [2.75, 3.05) is 72.8 Å². The Labute approximate surface area is 144 Å². The van der Waals surface area contributed by atoms with E-state index < -0.39 is 13.8 Å². The molecule has 1 amide bonds. The van der Waals surface area contributed by atoms with E-state index in [2.05, 4.69) is 0 Å². The van der Waals surface area contributed by atoms with E-state index in [1.165, 1.54) is 0 Å². The Hall–Kier alpha value is -0.700. The molecule has 0 spiro atoms. The lowest BCUT2D eigenvalue weighted by Gasteiger charge is -2.40.